The summed E-state index contributed by atoms with van der Waals surface area (Å²) in [5, 5.41) is 18.5. The monoisotopic (exact) mass is 343 g/mol. The molecule has 0 atom stereocenters. The average Bonchev–Trinajstić information content (AvgIpc) is 2.81. The van der Waals surface area contributed by atoms with Crippen LogP contribution in [0.2, 0.25) is 0 Å². The van der Waals surface area contributed by atoms with Gasteiger partial charge >= 0.3 is 5.69 Å². The second-order valence-electron chi connectivity index (χ2n) is 3.52. The second-order valence-corrected chi connectivity index (χ2v) is 5.43. The number of hydrogen-bond acceptors (Lipinski definition) is 7. The normalized spacial score (nSPS) is 10.2. The minimum Gasteiger partial charge on any atom is -0.359 e. The average molecular weight is 344 g/mol. The fourth-order valence-corrected chi connectivity index (χ4v) is 2.77. The maximum Gasteiger partial charge on any atom is 0.329 e. The van der Waals surface area contributed by atoms with Crippen molar-refractivity contribution in [2.45, 2.75) is 6.54 Å². The van der Waals surface area contributed by atoms with Crippen LogP contribution in [0.3, 0.4) is 0 Å². The molecule has 0 saturated carbocycles. The molecule has 2 rings (SSSR count). The van der Waals surface area contributed by atoms with Crippen molar-refractivity contribution in [1.29, 1.82) is 0 Å². The molecule has 7 nitrogen and oxygen atoms in total. The van der Waals surface area contributed by atoms with E-state index in [0.29, 0.717) is 12.5 Å². The van der Waals surface area contributed by atoms with Crippen LogP contribution >= 0.6 is 27.3 Å². The quantitative estimate of drug-likeness (QED) is 0.640. The van der Waals surface area contributed by atoms with Gasteiger partial charge in [-0.3, -0.25) is 10.1 Å². The lowest BCUT2D eigenvalue weighted by atomic mass is 10.4. The van der Waals surface area contributed by atoms with Gasteiger partial charge in [-0.05, 0) is 22.0 Å². The van der Waals surface area contributed by atoms with Crippen molar-refractivity contribution in [3.05, 3.63) is 37.1 Å². The zero-order valence-electron chi connectivity index (χ0n) is 9.88. The summed E-state index contributed by atoms with van der Waals surface area (Å²) in [4.78, 5) is 19.3. The Kier molecular flexibility index (Phi) is 4.27. The van der Waals surface area contributed by atoms with Crippen molar-refractivity contribution in [2.24, 2.45) is 0 Å². The highest BCUT2D eigenvalue weighted by atomic mass is 79.9. The molecule has 2 aromatic heterocycles. The van der Waals surface area contributed by atoms with Gasteiger partial charge in [-0.25, -0.2) is 4.98 Å². The summed E-state index contributed by atoms with van der Waals surface area (Å²) in [5.74, 6) is 0.536. The number of nitrogens with one attached hydrogen (secondary N) is 2. The fraction of sp³-hybridized carbons (Fsp3) is 0.200. The van der Waals surface area contributed by atoms with Gasteiger partial charge in [0.05, 0.1) is 11.5 Å². The van der Waals surface area contributed by atoms with E-state index in [2.05, 4.69) is 36.5 Å². The fourth-order valence-electron chi connectivity index (χ4n) is 1.38. The third kappa shape index (κ3) is 3.38. The van der Waals surface area contributed by atoms with Crippen molar-refractivity contribution >= 4 is 44.7 Å². The number of nitrogens with zero attached hydrogens (tertiary/aromatic N) is 3. The summed E-state index contributed by atoms with van der Waals surface area (Å²) in [6.45, 7) is 0.470. The Morgan fingerprint density at radius 1 is 1.58 bits per heavy atom. The number of aromatic nitrogens is 2. The molecule has 0 unspecified atom stereocenters. The van der Waals surface area contributed by atoms with Crippen LogP contribution in [0.15, 0.2) is 22.1 Å². The Bertz CT molecular complexity index is 603. The van der Waals surface area contributed by atoms with Crippen molar-refractivity contribution < 1.29 is 4.92 Å². The van der Waals surface area contributed by atoms with Gasteiger partial charge in [0.15, 0.2) is 0 Å². The summed E-state index contributed by atoms with van der Waals surface area (Å²) in [7, 11) is 1.65. The Labute approximate surface area is 121 Å². The van der Waals surface area contributed by atoms with Crippen molar-refractivity contribution in [1.82, 2.24) is 9.97 Å². The van der Waals surface area contributed by atoms with Gasteiger partial charge in [0.25, 0.3) is 0 Å². The maximum absolute atomic E-state index is 10.9. The highest BCUT2D eigenvalue weighted by Gasteiger charge is 2.16. The molecule has 0 aliphatic carbocycles. The molecule has 0 fully saturated rings. The lowest BCUT2D eigenvalue weighted by molar-refractivity contribution is -0.384. The molecule has 0 aliphatic heterocycles. The van der Waals surface area contributed by atoms with E-state index in [9.17, 15) is 10.1 Å². The van der Waals surface area contributed by atoms with Crippen molar-refractivity contribution in [3.8, 4) is 0 Å². The maximum atomic E-state index is 10.9. The summed E-state index contributed by atoms with van der Waals surface area (Å²) in [6.07, 6.45) is 1.19. The number of anilines is 2. The van der Waals surface area contributed by atoms with E-state index in [1.54, 1.807) is 18.4 Å². The van der Waals surface area contributed by atoms with Crippen LogP contribution in [0.5, 0.6) is 0 Å². The van der Waals surface area contributed by atoms with Crippen LogP contribution in [0.25, 0.3) is 0 Å². The number of hydrogen-bond donors (Lipinski definition) is 2. The highest BCUT2D eigenvalue weighted by Crippen LogP contribution is 2.24. The molecule has 0 bridgehead atoms. The van der Waals surface area contributed by atoms with Crippen LogP contribution in [0.4, 0.5) is 17.5 Å². The first kappa shape index (κ1) is 13.7. The first-order valence-electron chi connectivity index (χ1n) is 5.26. The number of thiophene rings is 1. The zero-order chi connectivity index (χ0) is 13.8. The molecule has 0 spiro atoms. The van der Waals surface area contributed by atoms with Crippen LogP contribution in [0, 0.1) is 10.1 Å². The Hall–Kier alpha value is -1.74. The minimum absolute atomic E-state index is 0.144. The molecule has 2 aromatic rings. The molecule has 0 aromatic carbocycles. The Morgan fingerprint density at radius 3 is 2.95 bits per heavy atom. The third-order valence-corrected chi connectivity index (χ3v) is 3.94. The standard InChI is InChI=1S/C10H10BrN5O2S/c1-12-10-14-4-8(16(17)18)9(15-10)13-3-7-2-6(11)5-19-7/h2,4-5H,3H2,1H3,(H2,12,13,14,15). The molecule has 0 radical (unpaired) electrons. The number of halogens is 1. The molecule has 0 aliphatic rings. The van der Waals surface area contributed by atoms with E-state index in [1.807, 2.05) is 11.4 Å². The van der Waals surface area contributed by atoms with Gasteiger partial charge in [-0.1, -0.05) is 0 Å². The van der Waals surface area contributed by atoms with Gasteiger partial charge in [0, 0.05) is 21.8 Å². The molecular weight excluding hydrogens is 334 g/mol. The third-order valence-electron chi connectivity index (χ3n) is 2.24. The minimum atomic E-state index is -0.508. The first-order valence-corrected chi connectivity index (χ1v) is 6.93. The number of rotatable bonds is 5. The molecular formula is C10H10BrN5O2S. The lowest BCUT2D eigenvalue weighted by Gasteiger charge is -2.06. The number of nitro groups is 1. The Morgan fingerprint density at radius 2 is 2.37 bits per heavy atom. The zero-order valence-corrected chi connectivity index (χ0v) is 12.3. The van der Waals surface area contributed by atoms with E-state index < -0.39 is 4.92 Å². The summed E-state index contributed by atoms with van der Waals surface area (Å²) < 4.78 is 0.988. The van der Waals surface area contributed by atoms with E-state index in [0.717, 1.165) is 9.35 Å². The highest BCUT2D eigenvalue weighted by molar-refractivity contribution is 9.10. The molecule has 19 heavy (non-hydrogen) atoms. The summed E-state index contributed by atoms with van der Waals surface area (Å²) in [5.41, 5.74) is -0.144. The van der Waals surface area contributed by atoms with Gasteiger partial charge < -0.3 is 10.6 Å². The molecule has 0 saturated heterocycles. The topological polar surface area (TPSA) is 93.0 Å². The second kappa shape index (κ2) is 5.93. The summed E-state index contributed by atoms with van der Waals surface area (Å²) in [6, 6.07) is 1.95. The van der Waals surface area contributed by atoms with E-state index in [4.69, 9.17) is 0 Å². The van der Waals surface area contributed by atoms with Crippen LogP contribution in [-0.2, 0) is 6.54 Å². The molecule has 9 heteroatoms. The van der Waals surface area contributed by atoms with E-state index in [1.165, 1.54) is 6.20 Å². The van der Waals surface area contributed by atoms with Gasteiger partial charge in [-0.15, -0.1) is 11.3 Å². The molecule has 0 amide bonds. The van der Waals surface area contributed by atoms with Gasteiger partial charge in [-0.2, -0.15) is 4.98 Å². The lowest BCUT2D eigenvalue weighted by Crippen LogP contribution is -2.07. The van der Waals surface area contributed by atoms with Crippen molar-refractivity contribution in [3.63, 3.8) is 0 Å². The SMILES string of the molecule is CNc1ncc([N+](=O)[O-])c(NCc2cc(Br)cs2)n1. The molecule has 2 heterocycles. The smallest absolute Gasteiger partial charge is 0.329 e. The van der Waals surface area contributed by atoms with Crippen LogP contribution in [-0.4, -0.2) is 21.9 Å². The summed E-state index contributed by atoms with van der Waals surface area (Å²) >= 11 is 4.91. The van der Waals surface area contributed by atoms with Gasteiger partial charge in [0.1, 0.15) is 6.20 Å². The molecule has 2 N–H and O–H groups in total. The first-order chi connectivity index (χ1) is 9.10. The predicted molar refractivity (Wildman–Crippen MR) is 77.6 cm³/mol. The van der Waals surface area contributed by atoms with E-state index in [-0.39, 0.29) is 11.5 Å². The Balaban J connectivity index is 2.19. The van der Waals surface area contributed by atoms with Crippen LogP contribution < -0.4 is 10.6 Å². The van der Waals surface area contributed by atoms with Crippen molar-refractivity contribution in [2.75, 3.05) is 17.7 Å². The largest absolute Gasteiger partial charge is 0.359 e. The predicted octanol–water partition coefficient (Wildman–Crippen LogP) is 2.86. The van der Waals surface area contributed by atoms with Crippen LogP contribution in [0.1, 0.15) is 4.88 Å². The van der Waals surface area contributed by atoms with E-state index >= 15 is 0 Å². The molecule has 100 valence electrons. The van der Waals surface area contributed by atoms with Gasteiger partial charge in [0.2, 0.25) is 11.8 Å².